The average Bonchev–Trinajstić information content (AvgIpc) is 3.48. The number of amides is 2. The third-order valence-electron chi connectivity index (χ3n) is 5.84. The highest BCUT2D eigenvalue weighted by molar-refractivity contribution is 5.85. The first-order valence-corrected chi connectivity index (χ1v) is 9.78. The van der Waals surface area contributed by atoms with E-state index in [0.29, 0.717) is 36.9 Å². The van der Waals surface area contributed by atoms with Crippen molar-refractivity contribution in [3.63, 3.8) is 0 Å². The summed E-state index contributed by atoms with van der Waals surface area (Å²) in [5, 5.41) is 0. The summed E-state index contributed by atoms with van der Waals surface area (Å²) in [7, 11) is 6.52. The Hall–Kier alpha value is -2.44. The van der Waals surface area contributed by atoms with Crippen molar-refractivity contribution in [3.8, 4) is 17.2 Å². The molecule has 0 N–H and O–H groups in total. The van der Waals surface area contributed by atoms with Gasteiger partial charge < -0.3 is 24.0 Å². The number of benzene rings is 1. The minimum absolute atomic E-state index is 0.0624. The fourth-order valence-electron chi connectivity index (χ4n) is 3.91. The van der Waals surface area contributed by atoms with Gasteiger partial charge in [-0.2, -0.15) is 0 Å². The van der Waals surface area contributed by atoms with Crippen LogP contribution in [0.4, 0.5) is 0 Å². The molecule has 2 atom stereocenters. The number of rotatable bonds is 7. The molecule has 2 amide bonds. The molecule has 154 valence electrons. The van der Waals surface area contributed by atoms with Crippen molar-refractivity contribution in [2.24, 2.45) is 11.8 Å². The lowest BCUT2D eigenvalue weighted by atomic mass is 9.87. The van der Waals surface area contributed by atoms with Crippen molar-refractivity contribution in [1.82, 2.24) is 9.80 Å². The number of likely N-dealkylation sites (tertiary alicyclic amines) is 1. The molecule has 0 radical (unpaired) electrons. The monoisotopic (exact) mass is 390 g/mol. The molecule has 7 nitrogen and oxygen atoms in total. The molecule has 2 aliphatic rings. The summed E-state index contributed by atoms with van der Waals surface area (Å²) < 4.78 is 16.4. The van der Waals surface area contributed by atoms with E-state index in [0.717, 1.165) is 18.4 Å². The predicted octanol–water partition coefficient (Wildman–Crippen LogP) is 2.14. The first-order chi connectivity index (χ1) is 13.4. The van der Waals surface area contributed by atoms with Gasteiger partial charge in [-0.3, -0.25) is 9.59 Å². The summed E-state index contributed by atoms with van der Waals surface area (Å²) in [5.41, 5.74) is 0.920. The van der Waals surface area contributed by atoms with Gasteiger partial charge in [-0.1, -0.05) is 0 Å². The Balaban J connectivity index is 1.98. The maximum Gasteiger partial charge on any atom is 0.227 e. The van der Waals surface area contributed by atoms with E-state index in [-0.39, 0.29) is 29.6 Å². The molecule has 0 unspecified atom stereocenters. The maximum atomic E-state index is 13.0. The fraction of sp³-hybridized carbons (Fsp3) is 0.619. The van der Waals surface area contributed by atoms with E-state index in [1.807, 2.05) is 24.0 Å². The first-order valence-electron chi connectivity index (χ1n) is 9.78. The van der Waals surface area contributed by atoms with E-state index in [9.17, 15) is 9.59 Å². The number of ether oxygens (including phenoxy) is 3. The summed E-state index contributed by atoms with van der Waals surface area (Å²) in [5.74, 6) is 1.61. The molecule has 1 aromatic rings. The van der Waals surface area contributed by atoms with Crippen LogP contribution in [0.3, 0.4) is 0 Å². The minimum atomic E-state index is -0.282. The average molecular weight is 390 g/mol. The van der Waals surface area contributed by atoms with Crippen LogP contribution >= 0.6 is 0 Å². The normalized spacial score (nSPS) is 21.4. The quantitative estimate of drug-likeness (QED) is 0.714. The van der Waals surface area contributed by atoms with Crippen LogP contribution in [0, 0.1) is 11.8 Å². The van der Waals surface area contributed by atoms with Crippen LogP contribution in [0.5, 0.6) is 17.2 Å². The lowest BCUT2D eigenvalue weighted by molar-refractivity contribution is -0.135. The molecule has 1 saturated heterocycles. The van der Waals surface area contributed by atoms with Crippen LogP contribution in [0.15, 0.2) is 12.1 Å². The maximum absolute atomic E-state index is 13.0. The molecule has 1 aromatic carbocycles. The number of hydrogen-bond donors (Lipinski definition) is 0. The zero-order chi connectivity index (χ0) is 20.4. The van der Waals surface area contributed by atoms with Crippen molar-refractivity contribution in [2.75, 3.05) is 48.0 Å². The molecule has 0 spiro atoms. The Labute approximate surface area is 166 Å². The van der Waals surface area contributed by atoms with Crippen molar-refractivity contribution < 1.29 is 23.8 Å². The van der Waals surface area contributed by atoms with Gasteiger partial charge in [0.25, 0.3) is 0 Å². The number of methoxy groups -OCH3 is 3. The van der Waals surface area contributed by atoms with Crippen molar-refractivity contribution in [3.05, 3.63) is 17.7 Å². The molecular weight excluding hydrogens is 360 g/mol. The van der Waals surface area contributed by atoms with Crippen molar-refractivity contribution in [2.45, 2.75) is 25.7 Å². The number of nitrogens with zero attached hydrogens (tertiary/aromatic N) is 2. The SMILES string of the molecule is CCN(C)C(=O)[C@H]1CN(C(=O)C2CC2)C[C@H]1c1cc(OC)c(OC)c(OC)c1. The molecule has 3 rings (SSSR count). The van der Waals surface area contributed by atoms with Gasteiger partial charge in [0.1, 0.15) is 0 Å². The van der Waals surface area contributed by atoms with E-state index in [4.69, 9.17) is 14.2 Å². The summed E-state index contributed by atoms with van der Waals surface area (Å²) in [6.45, 7) is 3.57. The largest absolute Gasteiger partial charge is 0.493 e. The topological polar surface area (TPSA) is 68.3 Å². The summed E-state index contributed by atoms with van der Waals surface area (Å²) in [4.78, 5) is 29.3. The molecule has 1 saturated carbocycles. The Kier molecular flexibility index (Phi) is 6.01. The molecule has 0 aromatic heterocycles. The summed E-state index contributed by atoms with van der Waals surface area (Å²) >= 11 is 0. The van der Waals surface area contributed by atoms with Crippen LogP contribution in [0.1, 0.15) is 31.2 Å². The predicted molar refractivity (Wildman–Crippen MR) is 105 cm³/mol. The fourth-order valence-corrected chi connectivity index (χ4v) is 3.91. The third kappa shape index (κ3) is 3.75. The standard InChI is InChI=1S/C21H30N2O5/c1-6-22(2)21(25)16-12-23(20(24)13-7-8-13)11-15(16)14-9-17(26-3)19(28-5)18(10-14)27-4/h9-10,13,15-16H,6-8,11-12H2,1-5H3/t15-,16-/m0/s1. The Morgan fingerprint density at radius 2 is 1.68 bits per heavy atom. The molecular formula is C21H30N2O5. The van der Waals surface area contributed by atoms with Gasteiger partial charge in [-0.25, -0.2) is 0 Å². The van der Waals surface area contributed by atoms with E-state index in [1.165, 1.54) is 0 Å². The van der Waals surface area contributed by atoms with Crippen LogP contribution < -0.4 is 14.2 Å². The lowest BCUT2D eigenvalue weighted by Gasteiger charge is -2.24. The van der Waals surface area contributed by atoms with E-state index < -0.39 is 0 Å². The molecule has 7 heteroatoms. The van der Waals surface area contributed by atoms with Gasteiger partial charge in [0.2, 0.25) is 17.6 Å². The molecule has 1 heterocycles. The van der Waals surface area contributed by atoms with Gasteiger partial charge >= 0.3 is 0 Å². The second-order valence-corrected chi connectivity index (χ2v) is 7.54. The molecule has 28 heavy (non-hydrogen) atoms. The highest BCUT2D eigenvalue weighted by atomic mass is 16.5. The van der Waals surface area contributed by atoms with Gasteiger partial charge in [0, 0.05) is 38.5 Å². The highest BCUT2D eigenvalue weighted by Crippen LogP contribution is 2.44. The smallest absolute Gasteiger partial charge is 0.227 e. The Morgan fingerprint density at radius 3 is 2.14 bits per heavy atom. The number of hydrogen-bond acceptors (Lipinski definition) is 5. The van der Waals surface area contributed by atoms with Gasteiger partial charge in [-0.05, 0) is 37.5 Å². The van der Waals surface area contributed by atoms with Gasteiger partial charge in [0.05, 0.1) is 27.2 Å². The Bertz CT molecular complexity index is 721. The second kappa shape index (κ2) is 8.29. The van der Waals surface area contributed by atoms with Gasteiger partial charge in [0.15, 0.2) is 11.5 Å². The Morgan fingerprint density at radius 1 is 1.07 bits per heavy atom. The molecule has 1 aliphatic carbocycles. The summed E-state index contributed by atoms with van der Waals surface area (Å²) in [6.07, 6.45) is 1.91. The number of carbonyl (C=O) groups excluding carboxylic acids is 2. The van der Waals surface area contributed by atoms with E-state index >= 15 is 0 Å². The second-order valence-electron chi connectivity index (χ2n) is 7.54. The minimum Gasteiger partial charge on any atom is -0.493 e. The highest BCUT2D eigenvalue weighted by Gasteiger charge is 2.44. The zero-order valence-electron chi connectivity index (χ0n) is 17.4. The zero-order valence-corrected chi connectivity index (χ0v) is 17.4. The van der Waals surface area contributed by atoms with Gasteiger partial charge in [-0.15, -0.1) is 0 Å². The lowest BCUT2D eigenvalue weighted by Crippen LogP contribution is -2.37. The summed E-state index contributed by atoms with van der Waals surface area (Å²) in [6, 6.07) is 3.78. The van der Waals surface area contributed by atoms with Crippen LogP contribution in [-0.2, 0) is 9.59 Å². The van der Waals surface area contributed by atoms with Crippen LogP contribution in [0.25, 0.3) is 0 Å². The van der Waals surface area contributed by atoms with Crippen molar-refractivity contribution >= 4 is 11.8 Å². The van der Waals surface area contributed by atoms with Crippen molar-refractivity contribution in [1.29, 1.82) is 0 Å². The molecule has 2 fully saturated rings. The van der Waals surface area contributed by atoms with Crippen LogP contribution in [-0.4, -0.2) is 69.6 Å². The molecule has 0 bridgehead atoms. The third-order valence-corrected chi connectivity index (χ3v) is 5.84. The van der Waals surface area contributed by atoms with E-state index in [2.05, 4.69) is 0 Å². The number of carbonyl (C=O) groups is 2. The van der Waals surface area contributed by atoms with Crippen LogP contribution in [0.2, 0.25) is 0 Å². The van der Waals surface area contributed by atoms with E-state index in [1.54, 1.807) is 33.3 Å². The first kappa shape index (κ1) is 20.3. The molecule has 1 aliphatic heterocycles.